The molecule has 2 rings (SSSR count). The summed E-state index contributed by atoms with van der Waals surface area (Å²) < 4.78 is 1.35. The molecule has 0 amide bonds. The van der Waals surface area contributed by atoms with E-state index in [0.717, 1.165) is 0 Å². The molecule has 0 saturated carbocycles. The fourth-order valence-corrected chi connectivity index (χ4v) is 1.41. The number of pyridine rings is 1. The Bertz CT molecular complexity index is 516. The maximum Gasteiger partial charge on any atom is 0.354 e. The van der Waals surface area contributed by atoms with Gasteiger partial charge in [-0.05, 0) is 19.1 Å². The Kier molecular flexibility index (Phi) is 1.67. The van der Waals surface area contributed by atoms with Crippen molar-refractivity contribution in [2.24, 2.45) is 0 Å². The molecular formula is C9H8N2O3. The number of carboxylic acids is 1. The number of hydrogen-bond acceptors (Lipinski definition) is 3. The van der Waals surface area contributed by atoms with Gasteiger partial charge >= 0.3 is 5.97 Å². The Morgan fingerprint density at radius 3 is 2.86 bits per heavy atom. The standard InChI is InChI=1S/C9H8N2O3/c1-5-8(9(13)14)11-4-6(12)2-3-7(11)10-5/h2-4,12H,1H3,(H,13,14). The summed E-state index contributed by atoms with van der Waals surface area (Å²) in [4.78, 5) is 14.9. The average molecular weight is 192 g/mol. The number of aryl methyl sites for hydroxylation is 1. The molecule has 0 radical (unpaired) electrons. The Labute approximate surface area is 79.2 Å². The van der Waals surface area contributed by atoms with E-state index >= 15 is 0 Å². The van der Waals surface area contributed by atoms with Crippen LogP contribution in [0.4, 0.5) is 0 Å². The van der Waals surface area contributed by atoms with Crippen molar-refractivity contribution in [3.8, 4) is 5.75 Å². The number of imidazole rings is 1. The first-order chi connectivity index (χ1) is 6.59. The van der Waals surface area contributed by atoms with Crippen molar-refractivity contribution in [2.45, 2.75) is 6.92 Å². The molecule has 0 atom stereocenters. The van der Waals surface area contributed by atoms with E-state index in [1.807, 2.05) is 0 Å². The van der Waals surface area contributed by atoms with E-state index in [0.29, 0.717) is 11.3 Å². The van der Waals surface area contributed by atoms with Crippen LogP contribution in [0, 0.1) is 6.92 Å². The number of carboxylic acid groups (broad SMARTS) is 1. The van der Waals surface area contributed by atoms with Crippen molar-refractivity contribution in [3.05, 3.63) is 29.7 Å². The lowest BCUT2D eigenvalue weighted by molar-refractivity contribution is 0.0688. The third-order valence-corrected chi connectivity index (χ3v) is 1.98. The second-order valence-corrected chi connectivity index (χ2v) is 2.97. The number of carbonyl (C=O) groups is 1. The highest BCUT2D eigenvalue weighted by atomic mass is 16.4. The van der Waals surface area contributed by atoms with Crippen LogP contribution in [-0.4, -0.2) is 25.6 Å². The predicted octanol–water partition coefficient (Wildman–Crippen LogP) is 1.05. The van der Waals surface area contributed by atoms with Crippen LogP contribution < -0.4 is 0 Å². The van der Waals surface area contributed by atoms with Gasteiger partial charge in [0.15, 0.2) is 5.69 Å². The van der Waals surface area contributed by atoms with Crippen molar-refractivity contribution in [2.75, 3.05) is 0 Å². The highest BCUT2D eigenvalue weighted by molar-refractivity contribution is 5.88. The van der Waals surface area contributed by atoms with Gasteiger partial charge in [-0.15, -0.1) is 0 Å². The van der Waals surface area contributed by atoms with Gasteiger partial charge in [0.1, 0.15) is 11.4 Å². The van der Waals surface area contributed by atoms with Crippen LogP contribution in [0.1, 0.15) is 16.2 Å². The lowest BCUT2D eigenvalue weighted by atomic mass is 10.3. The minimum atomic E-state index is -1.06. The molecule has 72 valence electrons. The van der Waals surface area contributed by atoms with Crippen LogP contribution in [0.5, 0.6) is 5.75 Å². The first kappa shape index (κ1) is 8.55. The molecule has 0 fully saturated rings. The predicted molar refractivity (Wildman–Crippen MR) is 48.6 cm³/mol. The van der Waals surface area contributed by atoms with Crippen LogP contribution in [0.2, 0.25) is 0 Å². The summed E-state index contributed by atoms with van der Waals surface area (Å²) in [6.07, 6.45) is 1.33. The highest BCUT2D eigenvalue weighted by Gasteiger charge is 2.15. The molecule has 2 aromatic heterocycles. The molecule has 0 aliphatic rings. The fourth-order valence-electron chi connectivity index (χ4n) is 1.41. The fraction of sp³-hybridized carbons (Fsp3) is 0.111. The number of aromatic hydroxyl groups is 1. The summed E-state index contributed by atoms with van der Waals surface area (Å²) in [5.41, 5.74) is 1.02. The molecule has 2 aromatic rings. The zero-order chi connectivity index (χ0) is 10.3. The molecule has 0 bridgehead atoms. The molecule has 0 saturated heterocycles. The van der Waals surface area contributed by atoms with Crippen LogP contribution >= 0.6 is 0 Å². The zero-order valence-electron chi connectivity index (χ0n) is 7.43. The van der Waals surface area contributed by atoms with E-state index < -0.39 is 5.97 Å². The van der Waals surface area contributed by atoms with Gasteiger partial charge in [0, 0.05) is 0 Å². The minimum Gasteiger partial charge on any atom is -0.506 e. The average Bonchev–Trinajstić information content (AvgIpc) is 2.40. The molecule has 0 aliphatic carbocycles. The normalized spacial score (nSPS) is 10.6. The molecule has 0 aromatic carbocycles. The van der Waals surface area contributed by atoms with E-state index in [1.54, 1.807) is 13.0 Å². The van der Waals surface area contributed by atoms with Gasteiger partial charge in [-0.3, -0.25) is 4.40 Å². The molecule has 0 spiro atoms. The van der Waals surface area contributed by atoms with E-state index in [9.17, 15) is 9.90 Å². The summed E-state index contributed by atoms with van der Waals surface area (Å²) in [6.45, 7) is 1.62. The maximum atomic E-state index is 10.9. The number of hydrogen-bond donors (Lipinski definition) is 2. The third kappa shape index (κ3) is 1.10. The molecule has 5 nitrogen and oxygen atoms in total. The largest absolute Gasteiger partial charge is 0.506 e. The number of rotatable bonds is 1. The monoisotopic (exact) mass is 192 g/mol. The first-order valence-electron chi connectivity index (χ1n) is 4.00. The SMILES string of the molecule is Cc1nc2ccc(O)cn2c1C(=O)O. The number of aromatic nitrogens is 2. The van der Waals surface area contributed by atoms with Gasteiger partial charge in [-0.2, -0.15) is 0 Å². The minimum absolute atomic E-state index is 0.0115. The third-order valence-electron chi connectivity index (χ3n) is 1.98. The summed E-state index contributed by atoms with van der Waals surface area (Å²) >= 11 is 0. The molecule has 5 heteroatoms. The van der Waals surface area contributed by atoms with Crippen molar-refractivity contribution in [3.63, 3.8) is 0 Å². The van der Waals surface area contributed by atoms with E-state index in [1.165, 1.54) is 16.7 Å². The topological polar surface area (TPSA) is 74.8 Å². The smallest absolute Gasteiger partial charge is 0.354 e. The molecule has 2 heterocycles. The van der Waals surface area contributed by atoms with Crippen molar-refractivity contribution in [1.29, 1.82) is 0 Å². The van der Waals surface area contributed by atoms with Crippen LogP contribution in [0.25, 0.3) is 5.65 Å². The molecule has 2 N–H and O–H groups in total. The number of nitrogens with zero attached hydrogens (tertiary/aromatic N) is 2. The first-order valence-corrected chi connectivity index (χ1v) is 4.00. The van der Waals surface area contributed by atoms with Gasteiger partial charge in [-0.25, -0.2) is 9.78 Å². The number of fused-ring (bicyclic) bond motifs is 1. The quantitative estimate of drug-likeness (QED) is 0.708. The summed E-state index contributed by atoms with van der Waals surface area (Å²) in [5.74, 6) is -1.04. The van der Waals surface area contributed by atoms with Gasteiger partial charge in [0.2, 0.25) is 0 Å². The van der Waals surface area contributed by atoms with E-state index in [2.05, 4.69) is 4.98 Å². The number of aromatic carboxylic acids is 1. The van der Waals surface area contributed by atoms with Crippen LogP contribution in [-0.2, 0) is 0 Å². The Hall–Kier alpha value is -2.04. The molecule has 0 unspecified atom stereocenters. The zero-order valence-corrected chi connectivity index (χ0v) is 7.43. The lowest BCUT2D eigenvalue weighted by Crippen LogP contribution is -2.03. The van der Waals surface area contributed by atoms with Gasteiger partial charge in [0.25, 0.3) is 0 Å². The lowest BCUT2D eigenvalue weighted by Gasteiger charge is -1.97. The van der Waals surface area contributed by atoms with Gasteiger partial charge in [0.05, 0.1) is 11.9 Å². The second kappa shape index (κ2) is 2.73. The Morgan fingerprint density at radius 1 is 1.50 bits per heavy atom. The molecule has 0 aliphatic heterocycles. The van der Waals surface area contributed by atoms with Gasteiger partial charge < -0.3 is 10.2 Å². The van der Waals surface area contributed by atoms with Crippen LogP contribution in [0.3, 0.4) is 0 Å². The Balaban J connectivity index is 2.86. The molecule has 14 heavy (non-hydrogen) atoms. The second-order valence-electron chi connectivity index (χ2n) is 2.97. The maximum absolute atomic E-state index is 10.9. The summed E-state index contributed by atoms with van der Waals surface area (Å²) in [7, 11) is 0. The van der Waals surface area contributed by atoms with Gasteiger partial charge in [-0.1, -0.05) is 0 Å². The van der Waals surface area contributed by atoms with Crippen molar-refractivity contribution in [1.82, 2.24) is 9.38 Å². The Morgan fingerprint density at radius 2 is 2.21 bits per heavy atom. The van der Waals surface area contributed by atoms with E-state index in [-0.39, 0.29) is 11.4 Å². The van der Waals surface area contributed by atoms with Crippen LogP contribution in [0.15, 0.2) is 18.3 Å². The summed E-state index contributed by atoms with van der Waals surface area (Å²) in [6, 6.07) is 3.03. The van der Waals surface area contributed by atoms with Crippen molar-refractivity contribution >= 4 is 11.6 Å². The highest BCUT2D eigenvalue weighted by Crippen LogP contribution is 2.16. The summed E-state index contributed by atoms with van der Waals surface area (Å²) in [5, 5.41) is 18.1. The van der Waals surface area contributed by atoms with Crippen molar-refractivity contribution < 1.29 is 15.0 Å². The molecular weight excluding hydrogens is 184 g/mol. The van der Waals surface area contributed by atoms with E-state index in [4.69, 9.17) is 5.11 Å².